The molecule has 1 unspecified atom stereocenters. The van der Waals surface area contributed by atoms with Crippen LogP contribution in [0.1, 0.15) is 39.0 Å². The smallest absolute Gasteiger partial charge is 0.223 e. The molecule has 8 heteroatoms. The maximum Gasteiger partial charge on any atom is 0.223 e. The number of amides is 1. The van der Waals surface area contributed by atoms with Gasteiger partial charge >= 0.3 is 0 Å². The predicted octanol–water partition coefficient (Wildman–Crippen LogP) is 1.24. The first kappa shape index (κ1) is 18.2. The molecule has 0 aromatic carbocycles. The van der Waals surface area contributed by atoms with Crippen LogP contribution in [0.5, 0.6) is 0 Å². The lowest BCUT2D eigenvalue weighted by atomic mass is 9.90. The van der Waals surface area contributed by atoms with Crippen LogP contribution in [-0.4, -0.2) is 57.9 Å². The average Bonchev–Trinajstić information content (AvgIpc) is 3.16. The Balaban J connectivity index is 1.26. The summed E-state index contributed by atoms with van der Waals surface area (Å²) in [6, 6.07) is 4.17. The first-order valence-electron chi connectivity index (χ1n) is 10.1. The van der Waals surface area contributed by atoms with E-state index < -0.39 is 0 Å². The van der Waals surface area contributed by atoms with Gasteiger partial charge in [-0.05, 0) is 70.2 Å². The molecule has 8 nitrogen and oxygen atoms in total. The third-order valence-electron chi connectivity index (χ3n) is 5.87. The van der Waals surface area contributed by atoms with Crippen molar-refractivity contribution < 1.29 is 4.79 Å². The highest BCUT2D eigenvalue weighted by Crippen LogP contribution is 2.23. The monoisotopic (exact) mass is 371 g/mol. The lowest BCUT2D eigenvalue weighted by molar-refractivity contribution is -0.126. The van der Waals surface area contributed by atoms with Crippen LogP contribution in [0.4, 0.5) is 5.82 Å². The van der Waals surface area contributed by atoms with Gasteiger partial charge < -0.3 is 15.5 Å². The summed E-state index contributed by atoms with van der Waals surface area (Å²) in [6.45, 7) is 6.06. The first-order valence-corrected chi connectivity index (χ1v) is 10.1. The van der Waals surface area contributed by atoms with Crippen LogP contribution in [0.2, 0.25) is 0 Å². The average molecular weight is 371 g/mol. The second kappa shape index (κ2) is 8.21. The normalized spacial score (nSPS) is 20.7. The van der Waals surface area contributed by atoms with Crippen LogP contribution in [0.25, 0.3) is 5.65 Å². The Bertz CT molecular complexity index is 762. The van der Waals surface area contributed by atoms with Crippen molar-refractivity contribution in [2.45, 2.75) is 45.1 Å². The zero-order valence-electron chi connectivity index (χ0n) is 16.0. The van der Waals surface area contributed by atoms with Gasteiger partial charge in [-0.1, -0.05) is 0 Å². The minimum atomic E-state index is 0.107. The number of piperidine rings is 2. The standard InChI is InChI=1S/C19H29N7O/c1-14(12-15-4-8-20-9-5-15)22-19(27)16-6-10-25(11-7-16)18-3-2-17-23-21-13-26(17)24-18/h2-3,13-16,20H,4-12H2,1H3,(H,22,27). The highest BCUT2D eigenvalue weighted by molar-refractivity contribution is 5.79. The van der Waals surface area contributed by atoms with Crippen molar-refractivity contribution in [3.8, 4) is 0 Å². The van der Waals surface area contributed by atoms with E-state index in [1.54, 1.807) is 10.8 Å². The second-order valence-corrected chi connectivity index (χ2v) is 7.93. The van der Waals surface area contributed by atoms with Gasteiger partial charge in [-0.2, -0.15) is 4.52 Å². The van der Waals surface area contributed by atoms with E-state index in [0.29, 0.717) is 0 Å². The van der Waals surface area contributed by atoms with Crippen LogP contribution in [-0.2, 0) is 4.79 Å². The number of hydrogen-bond acceptors (Lipinski definition) is 6. The minimum Gasteiger partial charge on any atom is -0.355 e. The maximum atomic E-state index is 12.7. The number of nitrogens with zero attached hydrogens (tertiary/aromatic N) is 5. The Morgan fingerprint density at radius 3 is 2.81 bits per heavy atom. The van der Waals surface area contributed by atoms with Gasteiger partial charge in [0.05, 0.1) is 0 Å². The van der Waals surface area contributed by atoms with Crippen molar-refractivity contribution in [1.29, 1.82) is 0 Å². The van der Waals surface area contributed by atoms with E-state index in [1.807, 2.05) is 12.1 Å². The zero-order valence-corrected chi connectivity index (χ0v) is 16.0. The molecule has 0 saturated carbocycles. The summed E-state index contributed by atoms with van der Waals surface area (Å²) in [5.41, 5.74) is 0.746. The number of rotatable bonds is 5. The van der Waals surface area contributed by atoms with Crippen LogP contribution in [0.3, 0.4) is 0 Å². The largest absolute Gasteiger partial charge is 0.355 e. The van der Waals surface area contributed by atoms with E-state index in [0.717, 1.165) is 62.8 Å². The number of anilines is 1. The van der Waals surface area contributed by atoms with Gasteiger partial charge in [0.15, 0.2) is 5.65 Å². The quantitative estimate of drug-likeness (QED) is 0.822. The fourth-order valence-electron chi connectivity index (χ4n) is 4.29. The molecule has 4 rings (SSSR count). The molecule has 0 radical (unpaired) electrons. The highest BCUT2D eigenvalue weighted by atomic mass is 16.1. The third-order valence-corrected chi connectivity index (χ3v) is 5.87. The summed E-state index contributed by atoms with van der Waals surface area (Å²) < 4.78 is 1.69. The van der Waals surface area contributed by atoms with E-state index in [2.05, 4.69) is 37.8 Å². The van der Waals surface area contributed by atoms with E-state index in [4.69, 9.17) is 0 Å². The van der Waals surface area contributed by atoms with Crippen molar-refractivity contribution in [3.05, 3.63) is 18.5 Å². The topological polar surface area (TPSA) is 87.5 Å². The molecule has 2 N–H and O–H groups in total. The van der Waals surface area contributed by atoms with Crippen molar-refractivity contribution in [3.63, 3.8) is 0 Å². The van der Waals surface area contributed by atoms with Gasteiger partial charge in [0, 0.05) is 25.0 Å². The van der Waals surface area contributed by atoms with Gasteiger partial charge in [0.2, 0.25) is 5.91 Å². The van der Waals surface area contributed by atoms with Crippen molar-refractivity contribution >= 4 is 17.4 Å². The van der Waals surface area contributed by atoms with E-state index in [-0.39, 0.29) is 17.9 Å². The first-order chi connectivity index (χ1) is 13.2. The minimum absolute atomic E-state index is 0.107. The second-order valence-electron chi connectivity index (χ2n) is 7.93. The Kier molecular flexibility index (Phi) is 5.52. The molecule has 2 aliphatic heterocycles. The molecule has 0 spiro atoms. The summed E-state index contributed by atoms with van der Waals surface area (Å²) in [7, 11) is 0. The Hall–Kier alpha value is -2.22. The molecule has 2 aromatic heterocycles. The summed E-state index contributed by atoms with van der Waals surface area (Å²) >= 11 is 0. The van der Waals surface area contributed by atoms with Crippen molar-refractivity contribution in [1.82, 2.24) is 30.4 Å². The van der Waals surface area contributed by atoms with Crippen LogP contribution in [0.15, 0.2) is 18.5 Å². The van der Waals surface area contributed by atoms with Gasteiger partial charge in [0.25, 0.3) is 0 Å². The Labute approximate surface area is 159 Å². The van der Waals surface area contributed by atoms with Crippen molar-refractivity contribution in [2.24, 2.45) is 11.8 Å². The lowest BCUT2D eigenvalue weighted by Gasteiger charge is -2.33. The molecule has 1 atom stereocenters. The predicted molar refractivity (Wildman–Crippen MR) is 104 cm³/mol. The van der Waals surface area contributed by atoms with Gasteiger partial charge in [-0.15, -0.1) is 15.3 Å². The molecule has 4 heterocycles. The number of hydrogen-bond donors (Lipinski definition) is 2. The summed E-state index contributed by atoms with van der Waals surface area (Å²) in [5.74, 6) is 1.98. The Morgan fingerprint density at radius 1 is 1.26 bits per heavy atom. The van der Waals surface area contributed by atoms with E-state index in [1.165, 1.54) is 12.8 Å². The molecule has 2 aromatic rings. The van der Waals surface area contributed by atoms with Crippen molar-refractivity contribution in [2.75, 3.05) is 31.1 Å². The molecule has 2 saturated heterocycles. The van der Waals surface area contributed by atoms with Gasteiger partial charge in [0.1, 0.15) is 12.1 Å². The molecule has 1 amide bonds. The zero-order chi connectivity index (χ0) is 18.6. The molecule has 0 bridgehead atoms. The van der Waals surface area contributed by atoms with Gasteiger partial charge in [-0.3, -0.25) is 4.79 Å². The molecular weight excluding hydrogens is 342 g/mol. The molecule has 27 heavy (non-hydrogen) atoms. The molecule has 2 fully saturated rings. The number of carbonyl (C=O) groups is 1. The molecule has 146 valence electrons. The summed E-state index contributed by atoms with van der Waals surface area (Å²) in [6.07, 6.45) is 6.89. The number of carbonyl (C=O) groups excluding carboxylic acids is 1. The summed E-state index contributed by atoms with van der Waals surface area (Å²) in [4.78, 5) is 14.9. The number of aromatic nitrogens is 4. The van der Waals surface area contributed by atoms with E-state index >= 15 is 0 Å². The van der Waals surface area contributed by atoms with Gasteiger partial charge in [-0.25, -0.2) is 0 Å². The third kappa shape index (κ3) is 4.37. The Morgan fingerprint density at radius 2 is 2.04 bits per heavy atom. The van der Waals surface area contributed by atoms with Crippen LogP contribution in [0, 0.1) is 11.8 Å². The number of fused-ring (bicyclic) bond motifs is 1. The van der Waals surface area contributed by atoms with E-state index in [9.17, 15) is 4.79 Å². The highest BCUT2D eigenvalue weighted by Gasteiger charge is 2.27. The molecule has 0 aliphatic carbocycles. The maximum absolute atomic E-state index is 12.7. The molecular formula is C19H29N7O. The number of nitrogens with one attached hydrogen (secondary N) is 2. The molecule has 2 aliphatic rings. The van der Waals surface area contributed by atoms with Crippen LogP contribution >= 0.6 is 0 Å². The lowest BCUT2D eigenvalue weighted by Crippen LogP contribution is -2.44. The fraction of sp³-hybridized carbons (Fsp3) is 0.684. The fourth-order valence-corrected chi connectivity index (χ4v) is 4.29. The SMILES string of the molecule is CC(CC1CCNCC1)NC(=O)C1CCN(c2ccc3nncn3n2)CC1. The van der Waals surface area contributed by atoms with Crippen LogP contribution < -0.4 is 15.5 Å². The summed E-state index contributed by atoms with van der Waals surface area (Å²) in [5, 5.41) is 19.1.